The highest BCUT2D eigenvalue weighted by molar-refractivity contribution is 5.93. The fraction of sp³-hybridized carbons (Fsp3) is 0.0909. The summed E-state index contributed by atoms with van der Waals surface area (Å²) in [5, 5.41) is 0. The molecular formula is C110H84F4N2O2. The van der Waals surface area contributed by atoms with Crippen molar-refractivity contribution in [3.05, 3.63) is 467 Å². The zero-order valence-electron chi connectivity index (χ0n) is 66.4. The van der Waals surface area contributed by atoms with Gasteiger partial charge in [-0.05, 0) is 279 Å². The molecule has 0 amide bonds. The van der Waals surface area contributed by atoms with Crippen molar-refractivity contribution < 1.29 is 27.0 Å². The molecule has 0 spiro atoms. The molecule has 18 rings (SSSR count). The zero-order chi connectivity index (χ0) is 81.2. The van der Waals surface area contributed by atoms with Crippen molar-refractivity contribution in [1.82, 2.24) is 0 Å². The fourth-order valence-corrected chi connectivity index (χ4v) is 17.5. The van der Waals surface area contributed by atoms with Crippen LogP contribution >= 0.6 is 0 Å². The van der Waals surface area contributed by atoms with Crippen molar-refractivity contribution >= 4 is 46.3 Å². The SMILES string of the molecule is C=Cc1ccc(Oc2ccc(C3(c4ccc(C(C)(C)C)cc4)c4ccccc4-c4ccc(N(c5ccc(-c6ccc(N(c7ccc(-c8ccc(F)c(F)c8)cc7)c7ccc8c(c7)C(c7ccc(Oc9ccc(C=C)cc9)cc7)(c7ccc(C(C)(C)C)cc7)c7ccccc7-8)cc6)cc5)c5ccc(-c6ccc(F)c(F)c6)cc5)cc43)cc2)cc1. The normalized spacial score (nSPS) is 14.5. The summed E-state index contributed by atoms with van der Waals surface area (Å²) in [6, 6.07) is 124. The van der Waals surface area contributed by atoms with E-state index in [2.05, 4.69) is 295 Å². The van der Waals surface area contributed by atoms with E-state index in [1.54, 1.807) is 12.1 Å². The van der Waals surface area contributed by atoms with E-state index in [-0.39, 0.29) is 10.8 Å². The van der Waals surface area contributed by atoms with Crippen molar-refractivity contribution in [2.75, 3.05) is 9.80 Å². The Morgan fingerprint density at radius 2 is 0.517 bits per heavy atom. The van der Waals surface area contributed by atoms with Gasteiger partial charge in [0.1, 0.15) is 23.0 Å². The van der Waals surface area contributed by atoms with Gasteiger partial charge in [0.15, 0.2) is 23.3 Å². The molecule has 2 aliphatic rings. The van der Waals surface area contributed by atoms with E-state index in [0.29, 0.717) is 22.6 Å². The summed E-state index contributed by atoms with van der Waals surface area (Å²) in [5.41, 5.74) is 25.9. The molecule has 2 unspecified atom stereocenters. The van der Waals surface area contributed by atoms with Gasteiger partial charge in [0, 0.05) is 34.1 Å². The Balaban J connectivity index is 0.750. The molecule has 574 valence electrons. The summed E-state index contributed by atoms with van der Waals surface area (Å²) in [7, 11) is 0. The predicted molar refractivity (Wildman–Crippen MR) is 477 cm³/mol. The highest BCUT2D eigenvalue weighted by atomic mass is 19.2. The Labute approximate surface area is 687 Å². The van der Waals surface area contributed by atoms with Gasteiger partial charge < -0.3 is 19.3 Å². The molecule has 0 radical (unpaired) electrons. The Morgan fingerprint density at radius 1 is 0.254 bits per heavy atom. The van der Waals surface area contributed by atoms with E-state index in [9.17, 15) is 17.6 Å². The molecule has 0 fully saturated rings. The minimum absolute atomic E-state index is 0.0937. The second-order valence-electron chi connectivity index (χ2n) is 32.6. The molecular weight excluding hydrogens is 1460 g/mol. The van der Waals surface area contributed by atoms with Gasteiger partial charge in [-0.2, -0.15) is 0 Å². The number of hydrogen-bond donors (Lipinski definition) is 0. The van der Waals surface area contributed by atoms with E-state index < -0.39 is 34.1 Å². The van der Waals surface area contributed by atoms with Crippen LogP contribution in [0.25, 0.3) is 67.8 Å². The summed E-state index contributed by atoms with van der Waals surface area (Å²) >= 11 is 0. The molecule has 0 N–H and O–H groups in total. The van der Waals surface area contributed by atoms with Crippen molar-refractivity contribution in [2.24, 2.45) is 0 Å². The van der Waals surface area contributed by atoms with Gasteiger partial charge in [-0.15, -0.1) is 0 Å². The molecule has 4 nitrogen and oxygen atoms in total. The van der Waals surface area contributed by atoms with Crippen LogP contribution in [0.1, 0.15) is 108 Å². The molecule has 2 aliphatic carbocycles. The number of ether oxygens (including phenoxy) is 2. The molecule has 118 heavy (non-hydrogen) atoms. The first kappa shape index (κ1) is 75.3. The average molecular weight is 1540 g/mol. The molecule has 0 heterocycles. The maximum Gasteiger partial charge on any atom is 0.159 e. The van der Waals surface area contributed by atoms with Crippen LogP contribution in [-0.4, -0.2) is 0 Å². The van der Waals surface area contributed by atoms with E-state index in [0.717, 1.165) is 146 Å². The topological polar surface area (TPSA) is 24.9 Å². The van der Waals surface area contributed by atoms with Crippen LogP contribution in [0.15, 0.2) is 377 Å². The maximum atomic E-state index is 14.9. The smallest absolute Gasteiger partial charge is 0.159 e. The lowest BCUT2D eigenvalue weighted by Crippen LogP contribution is -2.29. The lowest BCUT2D eigenvalue weighted by atomic mass is 9.67. The Hall–Kier alpha value is -14.1. The standard InChI is InChI=1S/C110H84F4N2O2/c1-9-71-19-55-91(56-20-71)117-93-59-41-83(42-60-93)109(81-37-33-79(34-38-81)107(3,4)5)99-17-13-11-15-95(99)97-63-53-89(69-101(97)109)115(87-49-27-75(28-50-87)77-31-65-103(111)105(113)67-77)85-45-23-73(24-46-85)74-25-47-86(48-26-74)116(88-51-29-76(30-52-88)78-32-66-104(112)106(114)68-78)90-54-64-98-96-16-12-14-18-100(96)110(102(98)70-90,82-39-35-80(36-40-82)108(6,7)8)84-43-61-94(62-44-84)118-92-57-21-72(10-2)22-58-92/h9-70H,1-2H2,3-8H3. The van der Waals surface area contributed by atoms with Crippen molar-refractivity contribution in [1.29, 1.82) is 0 Å². The fourth-order valence-electron chi connectivity index (χ4n) is 17.5. The molecule has 0 saturated carbocycles. The van der Waals surface area contributed by atoms with Crippen molar-refractivity contribution in [3.63, 3.8) is 0 Å². The van der Waals surface area contributed by atoms with Crippen LogP contribution in [0, 0.1) is 23.3 Å². The Morgan fingerprint density at radius 3 is 0.814 bits per heavy atom. The minimum atomic E-state index is -0.913. The van der Waals surface area contributed by atoms with Gasteiger partial charge in [0.2, 0.25) is 0 Å². The maximum absolute atomic E-state index is 14.9. The molecule has 8 heteroatoms. The average Bonchev–Trinajstić information content (AvgIpc) is 1.54. The molecule has 16 aromatic carbocycles. The second-order valence-corrected chi connectivity index (χ2v) is 32.6. The summed E-state index contributed by atoms with van der Waals surface area (Å²) in [4.78, 5) is 4.53. The molecule has 0 aromatic heterocycles. The van der Waals surface area contributed by atoms with Gasteiger partial charge in [-0.3, -0.25) is 0 Å². The number of anilines is 6. The molecule has 16 aromatic rings. The monoisotopic (exact) mass is 1540 g/mol. The summed E-state index contributed by atoms with van der Waals surface area (Å²) < 4.78 is 71.8. The third-order valence-corrected chi connectivity index (χ3v) is 23.6. The predicted octanol–water partition coefficient (Wildman–Crippen LogP) is 30.4. The zero-order valence-corrected chi connectivity index (χ0v) is 66.4. The highest BCUT2D eigenvalue weighted by Crippen LogP contribution is 2.60. The van der Waals surface area contributed by atoms with Crippen LogP contribution in [0.5, 0.6) is 23.0 Å². The summed E-state index contributed by atoms with van der Waals surface area (Å²) in [6.07, 6.45) is 3.64. The number of halogens is 4. The molecule has 0 aliphatic heterocycles. The summed E-state index contributed by atoms with van der Waals surface area (Å²) in [5.74, 6) is -0.767. The first-order valence-electron chi connectivity index (χ1n) is 39.9. The third kappa shape index (κ3) is 13.6. The Bertz CT molecular complexity index is 6070. The van der Waals surface area contributed by atoms with Gasteiger partial charge in [0.25, 0.3) is 0 Å². The van der Waals surface area contributed by atoms with Crippen LogP contribution in [0.2, 0.25) is 0 Å². The Kier molecular flexibility index (Phi) is 19.3. The highest BCUT2D eigenvalue weighted by Gasteiger charge is 2.49. The van der Waals surface area contributed by atoms with E-state index in [1.165, 1.54) is 35.4 Å². The van der Waals surface area contributed by atoms with Gasteiger partial charge in [0.05, 0.1) is 10.8 Å². The number of rotatable bonds is 19. The van der Waals surface area contributed by atoms with E-state index in [4.69, 9.17) is 9.47 Å². The van der Waals surface area contributed by atoms with E-state index >= 15 is 0 Å². The van der Waals surface area contributed by atoms with Gasteiger partial charge in [-0.1, -0.05) is 285 Å². The first-order valence-corrected chi connectivity index (χ1v) is 39.9. The van der Waals surface area contributed by atoms with Crippen molar-refractivity contribution in [2.45, 2.75) is 63.2 Å². The van der Waals surface area contributed by atoms with Gasteiger partial charge >= 0.3 is 0 Å². The number of fused-ring (bicyclic) bond motifs is 6. The van der Waals surface area contributed by atoms with Crippen LogP contribution in [0.4, 0.5) is 51.7 Å². The molecule has 2 atom stereocenters. The van der Waals surface area contributed by atoms with Crippen LogP contribution in [0.3, 0.4) is 0 Å². The van der Waals surface area contributed by atoms with E-state index in [1.807, 2.05) is 109 Å². The van der Waals surface area contributed by atoms with Gasteiger partial charge in [-0.25, -0.2) is 17.6 Å². The second kappa shape index (κ2) is 30.3. The molecule has 0 saturated heterocycles. The largest absolute Gasteiger partial charge is 0.457 e. The quantitative estimate of drug-likeness (QED) is 0.0754. The molecule has 0 bridgehead atoms. The minimum Gasteiger partial charge on any atom is -0.457 e. The summed E-state index contributed by atoms with van der Waals surface area (Å²) in [6.45, 7) is 21.3. The first-order chi connectivity index (χ1) is 57.2. The third-order valence-electron chi connectivity index (χ3n) is 23.6. The number of hydrogen-bond acceptors (Lipinski definition) is 4. The van der Waals surface area contributed by atoms with Crippen LogP contribution < -0.4 is 19.3 Å². The lowest BCUT2D eigenvalue weighted by Gasteiger charge is -2.35. The number of nitrogens with zero attached hydrogens (tertiary/aromatic N) is 2. The number of benzene rings is 16. The van der Waals surface area contributed by atoms with Crippen molar-refractivity contribution in [3.8, 4) is 78.6 Å². The lowest BCUT2D eigenvalue weighted by molar-refractivity contribution is 0.482. The van der Waals surface area contributed by atoms with Crippen LogP contribution in [-0.2, 0) is 21.7 Å².